The van der Waals surface area contributed by atoms with Crippen LogP contribution in [0.1, 0.15) is 43.5 Å². The summed E-state index contributed by atoms with van der Waals surface area (Å²) in [6.07, 6.45) is 3.49. The SMILES string of the molecule is CC1CC(C)CC(Nc2cc(C(=O)O)ccc2N)C1. The van der Waals surface area contributed by atoms with Crippen molar-refractivity contribution in [3.63, 3.8) is 0 Å². The van der Waals surface area contributed by atoms with Gasteiger partial charge in [-0.25, -0.2) is 4.79 Å². The van der Waals surface area contributed by atoms with Gasteiger partial charge in [0.25, 0.3) is 0 Å². The van der Waals surface area contributed by atoms with Crippen LogP contribution in [0.4, 0.5) is 11.4 Å². The third kappa shape index (κ3) is 3.40. The Labute approximate surface area is 114 Å². The first-order chi connectivity index (χ1) is 8.95. The number of aromatic carboxylic acids is 1. The summed E-state index contributed by atoms with van der Waals surface area (Å²) in [5, 5.41) is 12.4. The van der Waals surface area contributed by atoms with Crippen molar-refractivity contribution in [3.8, 4) is 0 Å². The number of rotatable bonds is 3. The van der Waals surface area contributed by atoms with Crippen molar-refractivity contribution < 1.29 is 9.90 Å². The minimum Gasteiger partial charge on any atom is -0.478 e. The first-order valence-electron chi connectivity index (χ1n) is 6.85. The third-order valence-electron chi connectivity index (χ3n) is 3.84. The minimum atomic E-state index is -0.923. The molecule has 104 valence electrons. The molecule has 0 amide bonds. The highest BCUT2D eigenvalue weighted by atomic mass is 16.4. The van der Waals surface area contributed by atoms with Crippen LogP contribution in [0.5, 0.6) is 0 Å². The van der Waals surface area contributed by atoms with Gasteiger partial charge >= 0.3 is 5.97 Å². The summed E-state index contributed by atoms with van der Waals surface area (Å²) in [6.45, 7) is 4.53. The lowest BCUT2D eigenvalue weighted by molar-refractivity contribution is 0.0697. The van der Waals surface area contributed by atoms with E-state index in [-0.39, 0.29) is 5.56 Å². The van der Waals surface area contributed by atoms with E-state index in [1.807, 2.05) is 0 Å². The summed E-state index contributed by atoms with van der Waals surface area (Å²) in [5.41, 5.74) is 7.54. The zero-order valence-electron chi connectivity index (χ0n) is 11.5. The van der Waals surface area contributed by atoms with Gasteiger partial charge in [-0.2, -0.15) is 0 Å². The largest absolute Gasteiger partial charge is 0.478 e. The maximum Gasteiger partial charge on any atom is 0.335 e. The number of hydrogen-bond acceptors (Lipinski definition) is 3. The first kappa shape index (κ1) is 13.7. The van der Waals surface area contributed by atoms with Gasteiger partial charge in [0.1, 0.15) is 0 Å². The number of carboxylic acid groups (broad SMARTS) is 1. The molecule has 1 aliphatic rings. The Morgan fingerprint density at radius 3 is 2.47 bits per heavy atom. The second-order valence-corrected chi connectivity index (χ2v) is 5.87. The average Bonchev–Trinajstić information content (AvgIpc) is 2.30. The van der Waals surface area contributed by atoms with Crippen molar-refractivity contribution in [2.75, 3.05) is 11.1 Å². The molecule has 2 unspecified atom stereocenters. The number of anilines is 2. The standard InChI is InChI=1S/C15H22N2O2/c1-9-5-10(2)7-12(6-9)17-14-8-11(15(18)19)3-4-13(14)16/h3-4,8-10,12,17H,5-7,16H2,1-2H3,(H,18,19). The molecule has 0 bridgehead atoms. The van der Waals surface area contributed by atoms with Crippen molar-refractivity contribution in [2.45, 2.75) is 39.2 Å². The normalized spacial score (nSPS) is 26.9. The van der Waals surface area contributed by atoms with Crippen LogP contribution in [0.25, 0.3) is 0 Å². The Balaban J connectivity index is 2.13. The number of nitrogens with one attached hydrogen (secondary N) is 1. The third-order valence-corrected chi connectivity index (χ3v) is 3.84. The van der Waals surface area contributed by atoms with Crippen LogP contribution in [0.3, 0.4) is 0 Å². The molecule has 1 fully saturated rings. The van der Waals surface area contributed by atoms with Crippen LogP contribution < -0.4 is 11.1 Å². The topological polar surface area (TPSA) is 75.3 Å². The molecule has 1 aromatic carbocycles. The molecule has 1 saturated carbocycles. The van der Waals surface area contributed by atoms with Crippen LogP contribution in [-0.2, 0) is 0 Å². The molecule has 1 aromatic rings. The van der Waals surface area contributed by atoms with Gasteiger partial charge in [-0.05, 0) is 49.3 Å². The van der Waals surface area contributed by atoms with Crippen molar-refractivity contribution in [1.82, 2.24) is 0 Å². The summed E-state index contributed by atoms with van der Waals surface area (Å²) in [4.78, 5) is 11.0. The fourth-order valence-electron chi connectivity index (χ4n) is 3.10. The van der Waals surface area contributed by atoms with E-state index in [0.717, 1.165) is 18.5 Å². The molecular formula is C15H22N2O2. The highest BCUT2D eigenvalue weighted by molar-refractivity contribution is 5.90. The molecule has 4 N–H and O–H groups in total. The quantitative estimate of drug-likeness (QED) is 0.731. The molecule has 1 aliphatic carbocycles. The number of hydrogen-bond donors (Lipinski definition) is 3. The maximum atomic E-state index is 11.0. The van der Waals surface area contributed by atoms with Gasteiger partial charge in [0.05, 0.1) is 16.9 Å². The fourth-order valence-corrected chi connectivity index (χ4v) is 3.10. The van der Waals surface area contributed by atoms with E-state index >= 15 is 0 Å². The number of benzene rings is 1. The smallest absolute Gasteiger partial charge is 0.335 e. The molecule has 2 rings (SSSR count). The zero-order chi connectivity index (χ0) is 14.0. The van der Waals surface area contributed by atoms with Crippen LogP contribution in [-0.4, -0.2) is 17.1 Å². The van der Waals surface area contributed by atoms with Crippen LogP contribution in [0, 0.1) is 11.8 Å². The molecule has 0 aromatic heterocycles. The number of carbonyl (C=O) groups is 1. The number of nitrogen functional groups attached to an aromatic ring is 1. The van der Waals surface area contributed by atoms with Gasteiger partial charge in [0, 0.05) is 6.04 Å². The summed E-state index contributed by atoms with van der Waals surface area (Å²) in [6, 6.07) is 5.20. The summed E-state index contributed by atoms with van der Waals surface area (Å²) in [7, 11) is 0. The predicted molar refractivity (Wildman–Crippen MR) is 77.4 cm³/mol. The lowest BCUT2D eigenvalue weighted by Crippen LogP contribution is -2.30. The van der Waals surface area contributed by atoms with E-state index in [9.17, 15) is 4.79 Å². The summed E-state index contributed by atoms with van der Waals surface area (Å²) >= 11 is 0. The second-order valence-electron chi connectivity index (χ2n) is 5.87. The Morgan fingerprint density at radius 1 is 1.26 bits per heavy atom. The predicted octanol–water partition coefficient (Wildman–Crippen LogP) is 3.20. The fraction of sp³-hybridized carbons (Fsp3) is 0.533. The molecule has 4 heteroatoms. The van der Waals surface area contributed by atoms with Crippen LogP contribution in [0.2, 0.25) is 0 Å². The van der Waals surface area contributed by atoms with Crippen LogP contribution in [0.15, 0.2) is 18.2 Å². The highest BCUT2D eigenvalue weighted by Gasteiger charge is 2.24. The number of nitrogens with two attached hydrogens (primary N) is 1. The van der Waals surface area contributed by atoms with Gasteiger partial charge in [-0.3, -0.25) is 0 Å². The molecule has 0 heterocycles. The Bertz CT molecular complexity index is 463. The summed E-state index contributed by atoms with van der Waals surface area (Å²) < 4.78 is 0. The zero-order valence-corrected chi connectivity index (χ0v) is 11.5. The Hall–Kier alpha value is -1.71. The molecule has 2 atom stereocenters. The van der Waals surface area contributed by atoms with Gasteiger partial charge in [-0.15, -0.1) is 0 Å². The van der Waals surface area contributed by atoms with Crippen molar-refractivity contribution in [1.29, 1.82) is 0 Å². The second kappa shape index (κ2) is 5.51. The summed E-state index contributed by atoms with van der Waals surface area (Å²) in [5.74, 6) is 0.476. The molecule has 0 aliphatic heterocycles. The van der Waals surface area contributed by atoms with Gasteiger partial charge in [0.15, 0.2) is 0 Å². The minimum absolute atomic E-state index is 0.272. The molecule has 4 nitrogen and oxygen atoms in total. The number of carboxylic acids is 1. The maximum absolute atomic E-state index is 11.0. The Morgan fingerprint density at radius 2 is 1.89 bits per heavy atom. The first-order valence-corrected chi connectivity index (χ1v) is 6.85. The van der Waals surface area contributed by atoms with Crippen molar-refractivity contribution in [3.05, 3.63) is 23.8 Å². The molecule has 0 saturated heterocycles. The molecule has 0 spiro atoms. The van der Waals surface area contributed by atoms with E-state index in [1.165, 1.54) is 12.5 Å². The molecular weight excluding hydrogens is 240 g/mol. The molecule has 0 radical (unpaired) electrons. The lowest BCUT2D eigenvalue weighted by Gasteiger charge is -2.33. The molecule has 19 heavy (non-hydrogen) atoms. The van der Waals surface area contributed by atoms with Crippen molar-refractivity contribution in [2.24, 2.45) is 11.8 Å². The van der Waals surface area contributed by atoms with Gasteiger partial charge in [0.2, 0.25) is 0 Å². The van der Waals surface area contributed by atoms with Crippen molar-refractivity contribution >= 4 is 17.3 Å². The van der Waals surface area contributed by atoms with E-state index < -0.39 is 5.97 Å². The van der Waals surface area contributed by atoms with Crippen LogP contribution >= 0.6 is 0 Å². The monoisotopic (exact) mass is 262 g/mol. The van der Waals surface area contributed by atoms with Gasteiger partial charge in [-0.1, -0.05) is 13.8 Å². The lowest BCUT2D eigenvalue weighted by atomic mass is 9.80. The highest BCUT2D eigenvalue weighted by Crippen LogP contribution is 2.32. The van der Waals surface area contributed by atoms with E-state index in [0.29, 0.717) is 23.6 Å². The Kier molecular flexibility index (Phi) is 3.98. The average molecular weight is 262 g/mol. The van der Waals surface area contributed by atoms with E-state index in [4.69, 9.17) is 10.8 Å². The van der Waals surface area contributed by atoms with E-state index in [2.05, 4.69) is 19.2 Å². The van der Waals surface area contributed by atoms with E-state index in [1.54, 1.807) is 12.1 Å². The van der Waals surface area contributed by atoms with Gasteiger partial charge < -0.3 is 16.2 Å².